The van der Waals surface area contributed by atoms with Crippen molar-refractivity contribution < 1.29 is 17.5 Å². The van der Waals surface area contributed by atoms with Gasteiger partial charge in [0.15, 0.2) is 0 Å². The van der Waals surface area contributed by atoms with E-state index in [2.05, 4.69) is 41.5 Å². The zero-order valence-electron chi connectivity index (χ0n) is 16.5. The molecule has 0 aromatic heterocycles. The zero-order chi connectivity index (χ0) is 18.4. The van der Waals surface area contributed by atoms with Gasteiger partial charge in [-0.3, -0.25) is 4.55 Å². The lowest BCUT2D eigenvalue weighted by Crippen LogP contribution is -2.47. The molecule has 0 aromatic carbocycles. The third-order valence-electron chi connectivity index (χ3n) is 4.87. The molecule has 0 aromatic rings. The van der Waals surface area contributed by atoms with Crippen LogP contribution in [0.2, 0.25) is 0 Å². The summed E-state index contributed by atoms with van der Waals surface area (Å²) in [5, 5.41) is 0. The van der Waals surface area contributed by atoms with Crippen LogP contribution in [0.4, 0.5) is 0 Å². The van der Waals surface area contributed by atoms with E-state index in [1.54, 1.807) is 0 Å². The van der Waals surface area contributed by atoms with Crippen molar-refractivity contribution in [3.63, 3.8) is 0 Å². The smallest absolute Gasteiger partial charge is 0.264 e. The molecular weight excluding hydrogens is 310 g/mol. The van der Waals surface area contributed by atoms with E-state index in [-0.39, 0.29) is 5.75 Å². The summed E-state index contributed by atoms with van der Waals surface area (Å²) in [6.07, 6.45) is 6.20. The molecule has 4 nitrogen and oxygen atoms in total. The summed E-state index contributed by atoms with van der Waals surface area (Å²) in [5.74, 6) is 0.671. The summed E-state index contributed by atoms with van der Waals surface area (Å²) < 4.78 is 30.5. The third kappa shape index (κ3) is 16.5. The molecule has 142 valence electrons. The number of quaternary nitrogens is 1. The molecule has 1 N–H and O–H groups in total. The Morgan fingerprint density at radius 3 is 1.48 bits per heavy atom. The monoisotopic (exact) mass is 352 g/mol. The largest absolute Gasteiger partial charge is 0.325 e. The summed E-state index contributed by atoms with van der Waals surface area (Å²) in [5.41, 5.74) is 0. The van der Waals surface area contributed by atoms with Crippen molar-refractivity contribution in [2.75, 3.05) is 31.9 Å². The Kier molecular flexibility index (Phi) is 15.5. The van der Waals surface area contributed by atoms with Crippen molar-refractivity contribution >= 4 is 10.1 Å². The Morgan fingerprint density at radius 2 is 1.17 bits per heavy atom. The van der Waals surface area contributed by atoms with Crippen molar-refractivity contribution in [3.8, 4) is 0 Å². The minimum absolute atomic E-state index is 0.0861. The molecule has 0 fully saturated rings. The van der Waals surface area contributed by atoms with E-state index in [0.29, 0.717) is 6.42 Å². The Hall–Kier alpha value is -0.130. The first-order valence-electron chi connectivity index (χ1n) is 9.46. The Bertz CT molecular complexity index is 332. The molecule has 0 saturated carbocycles. The summed E-state index contributed by atoms with van der Waals surface area (Å²) in [4.78, 5) is 0. The quantitative estimate of drug-likeness (QED) is 0.313. The lowest BCUT2D eigenvalue weighted by atomic mass is 10.0. The first-order chi connectivity index (χ1) is 10.7. The van der Waals surface area contributed by atoms with Crippen LogP contribution in [0.25, 0.3) is 0 Å². The van der Waals surface area contributed by atoms with Gasteiger partial charge in [0.05, 0.1) is 31.9 Å². The van der Waals surface area contributed by atoms with Gasteiger partial charge in [0.25, 0.3) is 10.1 Å². The van der Waals surface area contributed by atoms with Crippen LogP contribution in [0.3, 0.4) is 0 Å². The van der Waals surface area contributed by atoms with Crippen LogP contribution >= 0.6 is 0 Å². The standard InChI is InChI=1S/C10H22O3S.C8H20N/c1-10(2)8-6-4-3-5-7-9-14(11,12)13;1-5-9(6-2,7-3)8-4/h10H,3-9H2,1-2H3,(H,11,12,13);5-8H2,1-4H3/q;+1. The summed E-state index contributed by atoms with van der Waals surface area (Å²) in [7, 11) is -3.73. The van der Waals surface area contributed by atoms with Crippen LogP contribution < -0.4 is 0 Å². The highest BCUT2D eigenvalue weighted by atomic mass is 32.2. The molecular formula is C18H42NO3S+. The molecule has 0 atom stereocenters. The maximum Gasteiger partial charge on any atom is 0.264 e. The fraction of sp³-hybridized carbons (Fsp3) is 1.00. The lowest BCUT2D eigenvalue weighted by Gasteiger charge is -2.34. The number of unbranched alkanes of at least 4 members (excludes halogenated alkanes) is 4. The fourth-order valence-corrected chi connectivity index (χ4v) is 3.28. The minimum atomic E-state index is -3.73. The predicted molar refractivity (Wildman–Crippen MR) is 101 cm³/mol. The van der Waals surface area contributed by atoms with Gasteiger partial charge in [0.2, 0.25) is 0 Å². The molecule has 0 rings (SSSR count). The Morgan fingerprint density at radius 1 is 0.783 bits per heavy atom. The maximum absolute atomic E-state index is 10.4. The Balaban J connectivity index is 0. The second-order valence-corrected chi connectivity index (χ2v) is 8.41. The second-order valence-electron chi connectivity index (χ2n) is 6.84. The molecule has 0 unspecified atom stereocenters. The molecule has 23 heavy (non-hydrogen) atoms. The van der Waals surface area contributed by atoms with Gasteiger partial charge in [-0.05, 0) is 40.0 Å². The Labute approximate surface area is 146 Å². The highest BCUT2D eigenvalue weighted by Gasteiger charge is 2.16. The summed E-state index contributed by atoms with van der Waals surface area (Å²) in [6.45, 7) is 18.6. The number of hydrogen-bond acceptors (Lipinski definition) is 2. The van der Waals surface area contributed by atoms with Crippen LogP contribution in [0.5, 0.6) is 0 Å². The van der Waals surface area contributed by atoms with Gasteiger partial charge in [0.1, 0.15) is 0 Å². The van der Waals surface area contributed by atoms with Crippen LogP contribution in [0.1, 0.15) is 80.1 Å². The SMILES string of the molecule is CC(C)CCCCCCCS(=O)(=O)O.CC[N+](CC)(CC)CC. The van der Waals surface area contributed by atoms with Crippen LogP contribution in [0, 0.1) is 5.92 Å². The van der Waals surface area contributed by atoms with E-state index in [1.165, 1.54) is 49.9 Å². The normalized spacial score (nSPS) is 12.2. The highest BCUT2D eigenvalue weighted by Crippen LogP contribution is 2.10. The molecule has 0 heterocycles. The zero-order valence-corrected chi connectivity index (χ0v) is 17.3. The van der Waals surface area contributed by atoms with Gasteiger partial charge in [-0.1, -0.05) is 46.0 Å². The number of rotatable bonds is 12. The molecule has 0 saturated heterocycles. The van der Waals surface area contributed by atoms with Crippen molar-refractivity contribution in [1.82, 2.24) is 0 Å². The second kappa shape index (κ2) is 14.2. The molecule has 0 aliphatic rings. The molecule has 0 radical (unpaired) electrons. The lowest BCUT2D eigenvalue weighted by molar-refractivity contribution is -0.921. The van der Waals surface area contributed by atoms with E-state index in [0.717, 1.165) is 18.8 Å². The number of nitrogens with zero attached hydrogens (tertiary/aromatic N) is 1. The van der Waals surface area contributed by atoms with Gasteiger partial charge in [-0.15, -0.1) is 0 Å². The molecule has 0 aliphatic carbocycles. The van der Waals surface area contributed by atoms with Crippen molar-refractivity contribution in [2.45, 2.75) is 80.1 Å². The van der Waals surface area contributed by atoms with E-state index in [1.807, 2.05) is 0 Å². The van der Waals surface area contributed by atoms with Crippen LogP contribution in [0.15, 0.2) is 0 Å². The minimum Gasteiger partial charge on any atom is -0.325 e. The van der Waals surface area contributed by atoms with Crippen molar-refractivity contribution in [2.24, 2.45) is 5.92 Å². The van der Waals surface area contributed by atoms with Crippen molar-refractivity contribution in [3.05, 3.63) is 0 Å². The maximum atomic E-state index is 10.4. The van der Waals surface area contributed by atoms with E-state index < -0.39 is 10.1 Å². The topological polar surface area (TPSA) is 54.4 Å². The molecule has 0 amide bonds. The molecule has 0 bridgehead atoms. The van der Waals surface area contributed by atoms with Crippen LogP contribution in [-0.4, -0.2) is 49.4 Å². The van der Waals surface area contributed by atoms with E-state index >= 15 is 0 Å². The van der Waals surface area contributed by atoms with Gasteiger partial charge in [0, 0.05) is 0 Å². The van der Waals surface area contributed by atoms with Gasteiger partial charge in [-0.2, -0.15) is 8.42 Å². The van der Waals surface area contributed by atoms with E-state index in [9.17, 15) is 8.42 Å². The molecule has 0 aliphatic heterocycles. The van der Waals surface area contributed by atoms with Crippen molar-refractivity contribution in [1.29, 1.82) is 0 Å². The number of hydrogen-bond donors (Lipinski definition) is 1. The first kappa shape index (κ1) is 25.1. The first-order valence-corrected chi connectivity index (χ1v) is 11.1. The molecule has 5 heteroatoms. The van der Waals surface area contributed by atoms with E-state index in [4.69, 9.17) is 4.55 Å². The summed E-state index contributed by atoms with van der Waals surface area (Å²) >= 11 is 0. The predicted octanol–water partition coefficient (Wildman–Crippen LogP) is 4.75. The van der Waals surface area contributed by atoms with Gasteiger partial charge >= 0.3 is 0 Å². The van der Waals surface area contributed by atoms with Crippen LogP contribution in [-0.2, 0) is 10.1 Å². The third-order valence-corrected chi connectivity index (χ3v) is 5.67. The van der Waals surface area contributed by atoms with Gasteiger partial charge in [-0.25, -0.2) is 0 Å². The fourth-order valence-electron chi connectivity index (χ4n) is 2.71. The van der Waals surface area contributed by atoms with Gasteiger partial charge < -0.3 is 4.48 Å². The molecule has 0 spiro atoms. The average molecular weight is 353 g/mol. The average Bonchev–Trinajstić information content (AvgIpc) is 2.48. The highest BCUT2D eigenvalue weighted by molar-refractivity contribution is 7.85. The summed E-state index contributed by atoms with van der Waals surface area (Å²) in [6, 6.07) is 0.